The Balaban J connectivity index is 3.05. The molecule has 0 saturated carbocycles. The Morgan fingerprint density at radius 1 is 1.55 bits per heavy atom. The molecule has 0 saturated heterocycles. The minimum Gasteiger partial charge on any atom is -0.300 e. The highest BCUT2D eigenvalue weighted by Crippen LogP contribution is 2.04. The molecule has 0 amide bonds. The predicted octanol–water partition coefficient (Wildman–Crippen LogP) is 2.55. The van der Waals surface area contributed by atoms with Crippen LogP contribution >= 0.6 is 0 Å². The fourth-order valence-electron chi connectivity index (χ4n) is 0.930. The Morgan fingerprint density at radius 2 is 2.27 bits per heavy atom. The molecule has 56 valence electrons. The summed E-state index contributed by atoms with van der Waals surface area (Å²) in [5.74, 6) is 0. The minimum atomic E-state index is 0.480. The number of aryl methyl sites for hydroxylation is 1. The van der Waals surface area contributed by atoms with Crippen LogP contribution in [0.1, 0.15) is 11.1 Å². The Labute approximate surface area is 66.9 Å². The van der Waals surface area contributed by atoms with E-state index in [0.717, 1.165) is 5.56 Å². The van der Waals surface area contributed by atoms with Gasteiger partial charge in [-0.15, -0.1) is 0 Å². The molecule has 1 aromatic rings. The molecule has 0 spiro atoms. The average molecular weight is 145 g/mol. The number of benzene rings is 1. The van der Waals surface area contributed by atoms with Gasteiger partial charge >= 0.3 is 0 Å². The van der Waals surface area contributed by atoms with Crippen molar-refractivity contribution in [2.45, 2.75) is 6.92 Å². The van der Waals surface area contributed by atoms with Crippen molar-refractivity contribution < 1.29 is 0 Å². The van der Waals surface area contributed by atoms with Crippen molar-refractivity contribution in [3.63, 3.8) is 0 Å². The maximum atomic E-state index is 7.46. The monoisotopic (exact) mass is 145 g/mol. The van der Waals surface area contributed by atoms with Crippen LogP contribution in [0.2, 0.25) is 0 Å². The Kier molecular flexibility index (Phi) is 2.21. The maximum Gasteiger partial charge on any atom is 0.0606 e. The summed E-state index contributed by atoms with van der Waals surface area (Å²) in [5.41, 5.74) is 2.59. The lowest BCUT2D eigenvalue weighted by molar-refractivity contribution is 1.43. The maximum absolute atomic E-state index is 7.46. The lowest BCUT2D eigenvalue weighted by Gasteiger charge is -1.98. The molecule has 0 atom stereocenters. The smallest absolute Gasteiger partial charge is 0.0606 e. The number of rotatable bonds is 2. The van der Waals surface area contributed by atoms with E-state index in [0.29, 0.717) is 5.71 Å². The van der Waals surface area contributed by atoms with Gasteiger partial charge in [0, 0.05) is 0 Å². The van der Waals surface area contributed by atoms with Gasteiger partial charge in [0.25, 0.3) is 0 Å². The molecule has 11 heavy (non-hydrogen) atoms. The number of nitrogens with one attached hydrogen (secondary N) is 1. The van der Waals surface area contributed by atoms with Gasteiger partial charge in [0.15, 0.2) is 0 Å². The second kappa shape index (κ2) is 3.15. The highest BCUT2D eigenvalue weighted by Gasteiger charge is 1.94. The van der Waals surface area contributed by atoms with Crippen LogP contribution in [0.15, 0.2) is 36.9 Å². The van der Waals surface area contributed by atoms with E-state index in [1.807, 2.05) is 31.2 Å². The molecule has 1 heteroatoms. The largest absolute Gasteiger partial charge is 0.300 e. The van der Waals surface area contributed by atoms with Gasteiger partial charge in [0.1, 0.15) is 0 Å². The van der Waals surface area contributed by atoms with Crippen LogP contribution in [0.3, 0.4) is 0 Å². The summed E-state index contributed by atoms with van der Waals surface area (Å²) in [6.45, 7) is 5.56. The lowest BCUT2D eigenvalue weighted by atomic mass is 10.1. The average Bonchev–Trinajstić information content (AvgIpc) is 2.03. The van der Waals surface area contributed by atoms with E-state index in [2.05, 4.69) is 6.58 Å². The van der Waals surface area contributed by atoms with Gasteiger partial charge in [0.05, 0.1) is 5.71 Å². The van der Waals surface area contributed by atoms with Crippen LogP contribution in [-0.4, -0.2) is 5.71 Å². The van der Waals surface area contributed by atoms with Gasteiger partial charge < -0.3 is 5.41 Å². The molecule has 0 bridgehead atoms. The van der Waals surface area contributed by atoms with E-state index in [1.54, 1.807) is 6.08 Å². The minimum absolute atomic E-state index is 0.480. The molecule has 0 aliphatic rings. The summed E-state index contributed by atoms with van der Waals surface area (Å²) in [7, 11) is 0. The van der Waals surface area contributed by atoms with E-state index >= 15 is 0 Å². The first-order chi connectivity index (χ1) is 5.24. The van der Waals surface area contributed by atoms with Crippen molar-refractivity contribution in [1.29, 1.82) is 5.41 Å². The van der Waals surface area contributed by atoms with Gasteiger partial charge in [-0.1, -0.05) is 30.3 Å². The van der Waals surface area contributed by atoms with Crippen molar-refractivity contribution in [3.8, 4) is 0 Å². The summed E-state index contributed by atoms with van der Waals surface area (Å²) in [5, 5.41) is 7.46. The Bertz CT molecular complexity index is 287. The van der Waals surface area contributed by atoms with Crippen molar-refractivity contribution in [2.24, 2.45) is 0 Å². The molecule has 1 nitrogen and oxygen atoms in total. The standard InChI is InChI=1S/C10H11N/c1-3-10(11)9-6-4-5-8(2)7-9/h3-7,11H,1H2,2H3. The Morgan fingerprint density at radius 3 is 2.82 bits per heavy atom. The van der Waals surface area contributed by atoms with Crippen molar-refractivity contribution in [1.82, 2.24) is 0 Å². The van der Waals surface area contributed by atoms with E-state index in [-0.39, 0.29) is 0 Å². The molecule has 0 aromatic heterocycles. The molecule has 1 N–H and O–H groups in total. The van der Waals surface area contributed by atoms with Gasteiger partial charge in [-0.05, 0) is 24.6 Å². The third kappa shape index (κ3) is 1.77. The molecule has 0 unspecified atom stereocenters. The summed E-state index contributed by atoms with van der Waals surface area (Å²) in [6, 6.07) is 7.85. The van der Waals surface area contributed by atoms with Crippen LogP contribution in [-0.2, 0) is 0 Å². The zero-order chi connectivity index (χ0) is 8.27. The fraction of sp³-hybridized carbons (Fsp3) is 0.100. The number of hydrogen-bond donors (Lipinski definition) is 1. The summed E-state index contributed by atoms with van der Waals surface area (Å²) in [6.07, 6.45) is 1.55. The molecular weight excluding hydrogens is 134 g/mol. The fourth-order valence-corrected chi connectivity index (χ4v) is 0.930. The van der Waals surface area contributed by atoms with E-state index in [9.17, 15) is 0 Å². The third-order valence-electron chi connectivity index (χ3n) is 1.53. The predicted molar refractivity (Wildman–Crippen MR) is 48.2 cm³/mol. The van der Waals surface area contributed by atoms with Crippen LogP contribution in [0.4, 0.5) is 0 Å². The van der Waals surface area contributed by atoms with Crippen LogP contribution in [0.25, 0.3) is 0 Å². The van der Waals surface area contributed by atoms with Crippen LogP contribution in [0.5, 0.6) is 0 Å². The molecule has 0 heterocycles. The first-order valence-corrected chi connectivity index (χ1v) is 3.52. The van der Waals surface area contributed by atoms with E-state index in [1.165, 1.54) is 5.56 Å². The molecule has 0 fully saturated rings. The second-order valence-corrected chi connectivity index (χ2v) is 2.49. The molecule has 1 rings (SSSR count). The topological polar surface area (TPSA) is 23.9 Å². The van der Waals surface area contributed by atoms with E-state index in [4.69, 9.17) is 5.41 Å². The summed E-state index contributed by atoms with van der Waals surface area (Å²) < 4.78 is 0. The zero-order valence-corrected chi connectivity index (χ0v) is 6.59. The van der Waals surface area contributed by atoms with Crippen molar-refractivity contribution in [2.75, 3.05) is 0 Å². The normalized spacial score (nSPS) is 9.18. The van der Waals surface area contributed by atoms with Crippen LogP contribution < -0.4 is 0 Å². The summed E-state index contributed by atoms with van der Waals surface area (Å²) >= 11 is 0. The molecule has 0 aliphatic heterocycles. The van der Waals surface area contributed by atoms with E-state index < -0.39 is 0 Å². The van der Waals surface area contributed by atoms with Crippen LogP contribution in [0, 0.1) is 12.3 Å². The highest BCUT2D eigenvalue weighted by molar-refractivity contribution is 6.06. The SMILES string of the molecule is C=CC(=N)c1cccc(C)c1. The van der Waals surface area contributed by atoms with Crippen molar-refractivity contribution >= 4 is 5.71 Å². The van der Waals surface area contributed by atoms with Gasteiger partial charge in [0.2, 0.25) is 0 Å². The first kappa shape index (κ1) is 7.73. The van der Waals surface area contributed by atoms with Crippen molar-refractivity contribution in [3.05, 3.63) is 48.0 Å². The lowest BCUT2D eigenvalue weighted by Crippen LogP contribution is -1.92. The molecular formula is C10H11N. The van der Waals surface area contributed by atoms with Gasteiger partial charge in [-0.25, -0.2) is 0 Å². The Hall–Kier alpha value is -1.37. The highest BCUT2D eigenvalue weighted by atomic mass is 14.4. The summed E-state index contributed by atoms with van der Waals surface area (Å²) in [4.78, 5) is 0. The van der Waals surface area contributed by atoms with Gasteiger partial charge in [-0.2, -0.15) is 0 Å². The quantitative estimate of drug-likeness (QED) is 0.618. The molecule has 1 aromatic carbocycles. The number of hydrogen-bond acceptors (Lipinski definition) is 1. The molecule has 0 radical (unpaired) electrons. The first-order valence-electron chi connectivity index (χ1n) is 3.52. The van der Waals surface area contributed by atoms with Gasteiger partial charge in [-0.3, -0.25) is 0 Å². The zero-order valence-electron chi connectivity index (χ0n) is 6.59. The second-order valence-electron chi connectivity index (χ2n) is 2.49. The third-order valence-corrected chi connectivity index (χ3v) is 1.53. The number of allylic oxidation sites excluding steroid dienone is 1. The molecule has 0 aliphatic carbocycles.